The fourth-order valence-electron chi connectivity index (χ4n) is 0.783. The zero-order valence-electron chi connectivity index (χ0n) is 6.47. The highest BCUT2D eigenvalue weighted by Crippen LogP contribution is 2.26. The number of halogens is 4. The third-order valence-corrected chi connectivity index (χ3v) is 1.70. The van der Waals surface area contributed by atoms with Crippen molar-refractivity contribution in [3.05, 3.63) is 28.3 Å². The monoisotopic (exact) mass is 225 g/mol. The van der Waals surface area contributed by atoms with Crippen LogP contribution in [0.5, 0.6) is 0 Å². The lowest BCUT2D eigenvalue weighted by atomic mass is 10.2. The largest absolute Gasteiger partial charge is 0.478 e. The summed E-state index contributed by atoms with van der Waals surface area (Å²) in [6.45, 7) is 0. The Kier molecular flexibility index (Phi) is 2.95. The molecule has 0 atom stereocenters. The normalized spacial score (nSPS) is 10.6. The lowest BCUT2D eigenvalue weighted by Crippen LogP contribution is -2.05. The Morgan fingerprint density at radius 1 is 1.57 bits per heavy atom. The van der Waals surface area contributed by atoms with E-state index in [4.69, 9.17) is 16.7 Å². The number of carboxylic acids is 1. The molecule has 1 rings (SSSR count). The quantitative estimate of drug-likeness (QED) is 0.787. The zero-order chi connectivity index (χ0) is 10.9. The van der Waals surface area contributed by atoms with Gasteiger partial charge in [0.05, 0.1) is 5.02 Å². The molecule has 0 bridgehead atoms. The van der Waals surface area contributed by atoms with Crippen molar-refractivity contribution in [1.82, 2.24) is 4.98 Å². The molecular weight excluding hydrogens is 223 g/mol. The Balaban J connectivity index is 3.31. The van der Waals surface area contributed by atoms with Crippen LogP contribution in [0.4, 0.5) is 13.2 Å². The van der Waals surface area contributed by atoms with Crippen molar-refractivity contribution < 1.29 is 23.1 Å². The van der Waals surface area contributed by atoms with Gasteiger partial charge in [0.1, 0.15) is 11.3 Å². The first-order chi connectivity index (χ1) is 6.43. The van der Waals surface area contributed by atoms with E-state index in [-0.39, 0.29) is 0 Å². The first-order valence-electron chi connectivity index (χ1n) is 3.31. The number of nitrogens with zero attached hydrogens (tertiary/aromatic N) is 1. The van der Waals surface area contributed by atoms with Crippen LogP contribution in [-0.4, -0.2) is 16.1 Å². The number of hydrogen-bond donors (Lipinski definition) is 1. The minimum absolute atomic E-state index is 0.571. The standard InChI is InChI=1S/C7H3ClF3NO2/c8-3-1-2(7(13)14)6(11)12-4(3)5(9)10/h1,5H,(H,13,14). The van der Waals surface area contributed by atoms with E-state index in [1.54, 1.807) is 0 Å². The molecule has 14 heavy (non-hydrogen) atoms. The van der Waals surface area contributed by atoms with Crippen LogP contribution in [0, 0.1) is 5.95 Å². The van der Waals surface area contributed by atoms with Gasteiger partial charge < -0.3 is 5.11 Å². The van der Waals surface area contributed by atoms with E-state index in [0.29, 0.717) is 6.07 Å². The van der Waals surface area contributed by atoms with Crippen molar-refractivity contribution in [3.8, 4) is 0 Å². The maximum Gasteiger partial charge on any atom is 0.340 e. The number of carboxylic acid groups (broad SMARTS) is 1. The molecule has 0 radical (unpaired) electrons. The highest BCUT2D eigenvalue weighted by Gasteiger charge is 2.20. The Labute approximate surface area is 81.1 Å². The maximum absolute atomic E-state index is 12.8. The Bertz CT molecular complexity index is 383. The SMILES string of the molecule is O=C(O)c1cc(Cl)c(C(F)F)nc1F. The van der Waals surface area contributed by atoms with Gasteiger partial charge in [-0.2, -0.15) is 4.39 Å². The highest BCUT2D eigenvalue weighted by atomic mass is 35.5. The summed E-state index contributed by atoms with van der Waals surface area (Å²) in [5.41, 5.74) is -1.80. The fraction of sp³-hybridized carbons (Fsp3) is 0.143. The van der Waals surface area contributed by atoms with Crippen molar-refractivity contribution in [3.63, 3.8) is 0 Å². The molecule has 0 aliphatic carbocycles. The first-order valence-corrected chi connectivity index (χ1v) is 3.68. The molecule has 1 aromatic heterocycles. The van der Waals surface area contributed by atoms with Crippen LogP contribution in [0.2, 0.25) is 5.02 Å². The second kappa shape index (κ2) is 3.83. The van der Waals surface area contributed by atoms with E-state index >= 15 is 0 Å². The van der Waals surface area contributed by atoms with Gasteiger partial charge in [-0.15, -0.1) is 0 Å². The molecular formula is C7H3ClF3NO2. The van der Waals surface area contributed by atoms with Gasteiger partial charge in [-0.05, 0) is 6.07 Å². The second-order valence-corrected chi connectivity index (χ2v) is 2.71. The van der Waals surface area contributed by atoms with Crippen LogP contribution in [-0.2, 0) is 0 Å². The molecule has 0 aliphatic heterocycles. The average Bonchev–Trinajstić information content (AvgIpc) is 2.07. The Hall–Kier alpha value is -1.30. The molecule has 1 N–H and O–H groups in total. The third kappa shape index (κ3) is 1.95. The predicted octanol–water partition coefficient (Wildman–Crippen LogP) is 2.51. The fourth-order valence-corrected chi connectivity index (χ4v) is 1.02. The number of pyridine rings is 1. The molecule has 0 saturated carbocycles. The second-order valence-electron chi connectivity index (χ2n) is 2.30. The van der Waals surface area contributed by atoms with Gasteiger partial charge in [-0.25, -0.2) is 18.6 Å². The predicted molar refractivity (Wildman–Crippen MR) is 41.1 cm³/mol. The molecule has 3 nitrogen and oxygen atoms in total. The summed E-state index contributed by atoms with van der Waals surface area (Å²) in [4.78, 5) is 13.1. The van der Waals surface area contributed by atoms with E-state index < -0.39 is 34.6 Å². The van der Waals surface area contributed by atoms with Crippen molar-refractivity contribution in [2.24, 2.45) is 0 Å². The van der Waals surface area contributed by atoms with Gasteiger partial charge in [-0.1, -0.05) is 11.6 Å². The number of carbonyl (C=O) groups is 1. The number of aromatic nitrogens is 1. The molecule has 1 heterocycles. The number of aromatic carboxylic acids is 1. The van der Waals surface area contributed by atoms with Crippen LogP contribution in [0.3, 0.4) is 0 Å². The zero-order valence-corrected chi connectivity index (χ0v) is 7.23. The summed E-state index contributed by atoms with van der Waals surface area (Å²) in [5.74, 6) is -3.09. The molecule has 0 amide bonds. The molecule has 0 aliphatic rings. The van der Waals surface area contributed by atoms with Crippen molar-refractivity contribution >= 4 is 17.6 Å². The van der Waals surface area contributed by atoms with Crippen LogP contribution in [0.15, 0.2) is 6.07 Å². The molecule has 0 saturated heterocycles. The van der Waals surface area contributed by atoms with Gasteiger partial charge in [0.15, 0.2) is 0 Å². The summed E-state index contributed by atoms with van der Waals surface area (Å²) in [5, 5.41) is 7.82. The highest BCUT2D eigenvalue weighted by molar-refractivity contribution is 6.31. The third-order valence-electron chi connectivity index (χ3n) is 1.39. The summed E-state index contributed by atoms with van der Waals surface area (Å²) in [7, 11) is 0. The lowest BCUT2D eigenvalue weighted by molar-refractivity contribution is 0.0689. The molecule has 7 heteroatoms. The van der Waals surface area contributed by atoms with Gasteiger partial charge in [-0.3, -0.25) is 0 Å². The van der Waals surface area contributed by atoms with E-state index in [9.17, 15) is 18.0 Å². The Morgan fingerprint density at radius 2 is 2.14 bits per heavy atom. The molecule has 1 aromatic rings. The number of rotatable bonds is 2. The summed E-state index contributed by atoms with van der Waals surface area (Å²) < 4.78 is 36.9. The van der Waals surface area contributed by atoms with Crippen LogP contribution in [0.25, 0.3) is 0 Å². The van der Waals surface area contributed by atoms with Gasteiger partial charge in [0.2, 0.25) is 5.95 Å². The molecule has 0 unspecified atom stereocenters. The van der Waals surface area contributed by atoms with Gasteiger partial charge in [0.25, 0.3) is 6.43 Å². The minimum atomic E-state index is -3.04. The smallest absolute Gasteiger partial charge is 0.340 e. The van der Waals surface area contributed by atoms with E-state index in [1.807, 2.05) is 0 Å². The van der Waals surface area contributed by atoms with E-state index in [1.165, 1.54) is 0 Å². The van der Waals surface area contributed by atoms with Gasteiger partial charge in [0, 0.05) is 0 Å². The van der Waals surface area contributed by atoms with E-state index in [0.717, 1.165) is 0 Å². The number of alkyl halides is 2. The molecule has 0 aromatic carbocycles. The van der Waals surface area contributed by atoms with Crippen molar-refractivity contribution in [2.45, 2.75) is 6.43 Å². The lowest BCUT2D eigenvalue weighted by Gasteiger charge is -2.03. The van der Waals surface area contributed by atoms with Crippen LogP contribution < -0.4 is 0 Å². The molecule has 76 valence electrons. The minimum Gasteiger partial charge on any atom is -0.478 e. The summed E-state index contributed by atoms with van der Waals surface area (Å²) >= 11 is 5.27. The number of hydrogen-bond acceptors (Lipinski definition) is 2. The molecule has 0 fully saturated rings. The maximum atomic E-state index is 12.8. The van der Waals surface area contributed by atoms with Crippen LogP contribution in [0.1, 0.15) is 22.5 Å². The van der Waals surface area contributed by atoms with E-state index in [2.05, 4.69) is 4.98 Å². The van der Waals surface area contributed by atoms with Crippen molar-refractivity contribution in [1.29, 1.82) is 0 Å². The topological polar surface area (TPSA) is 50.2 Å². The summed E-state index contributed by atoms with van der Waals surface area (Å²) in [6, 6.07) is 0.605. The summed E-state index contributed by atoms with van der Waals surface area (Å²) in [6.07, 6.45) is -3.04. The first kappa shape index (κ1) is 10.8. The molecule has 0 spiro atoms. The van der Waals surface area contributed by atoms with Gasteiger partial charge >= 0.3 is 5.97 Å². The van der Waals surface area contributed by atoms with Crippen molar-refractivity contribution in [2.75, 3.05) is 0 Å². The Morgan fingerprint density at radius 3 is 2.57 bits per heavy atom. The van der Waals surface area contributed by atoms with Crippen LogP contribution >= 0.6 is 11.6 Å². The average molecular weight is 226 g/mol.